The van der Waals surface area contributed by atoms with Gasteiger partial charge < -0.3 is 0 Å². The molecular formula is C16H30O. The van der Waals surface area contributed by atoms with Crippen molar-refractivity contribution in [2.24, 2.45) is 5.92 Å². The molecule has 17 heavy (non-hydrogen) atoms. The van der Waals surface area contributed by atoms with Crippen molar-refractivity contribution in [1.29, 1.82) is 0 Å². The van der Waals surface area contributed by atoms with Crippen LogP contribution in [0.2, 0.25) is 0 Å². The lowest BCUT2D eigenvalue weighted by atomic mass is 9.89. The molecule has 0 aliphatic heterocycles. The molecule has 0 bridgehead atoms. The number of hydrogen-bond acceptors (Lipinski definition) is 1. The first kappa shape index (κ1) is 14.7. The lowest BCUT2D eigenvalue weighted by molar-refractivity contribution is -0.119. The van der Waals surface area contributed by atoms with Gasteiger partial charge in [0.15, 0.2) is 0 Å². The largest absolute Gasteiger partial charge is 0.300 e. The molecule has 0 aromatic carbocycles. The third kappa shape index (κ3) is 7.57. The fourth-order valence-electron chi connectivity index (χ4n) is 2.92. The summed E-state index contributed by atoms with van der Waals surface area (Å²) in [5.41, 5.74) is 0. The van der Waals surface area contributed by atoms with E-state index in [1.165, 1.54) is 70.6 Å². The normalized spacial score (nSPS) is 21.5. The molecule has 1 heteroatoms. The minimum Gasteiger partial charge on any atom is -0.300 e. The quantitative estimate of drug-likeness (QED) is 0.654. The zero-order valence-electron chi connectivity index (χ0n) is 11.7. The molecule has 0 N–H and O–H groups in total. The van der Waals surface area contributed by atoms with Crippen LogP contribution in [0.1, 0.15) is 90.4 Å². The highest BCUT2D eigenvalue weighted by atomic mass is 16.1. The average Bonchev–Trinajstić information content (AvgIpc) is 2.32. The fraction of sp³-hybridized carbons (Fsp3) is 0.938. The monoisotopic (exact) mass is 238 g/mol. The summed E-state index contributed by atoms with van der Waals surface area (Å²) in [4.78, 5) is 11.6. The molecular weight excluding hydrogens is 208 g/mol. The Hall–Kier alpha value is -0.330. The van der Waals surface area contributed by atoms with Crippen LogP contribution in [-0.4, -0.2) is 5.78 Å². The molecule has 1 aliphatic rings. The summed E-state index contributed by atoms with van der Waals surface area (Å²) in [5, 5.41) is 0. The molecule has 1 saturated carbocycles. The van der Waals surface area contributed by atoms with E-state index in [1.807, 2.05) is 6.92 Å². The Labute approximate surface area is 107 Å². The summed E-state index contributed by atoms with van der Waals surface area (Å²) in [7, 11) is 0. The molecule has 1 nitrogen and oxygen atoms in total. The van der Waals surface area contributed by atoms with E-state index in [9.17, 15) is 4.79 Å². The van der Waals surface area contributed by atoms with E-state index in [1.54, 1.807) is 0 Å². The minimum absolute atomic E-state index is 0.474. The molecule has 1 rings (SSSR count). The first-order chi connectivity index (χ1) is 8.33. The van der Waals surface area contributed by atoms with Gasteiger partial charge in [0.25, 0.3) is 0 Å². The molecule has 100 valence electrons. The van der Waals surface area contributed by atoms with E-state index in [0.717, 1.165) is 12.8 Å². The van der Waals surface area contributed by atoms with Crippen LogP contribution in [0.25, 0.3) is 0 Å². The van der Waals surface area contributed by atoms with E-state index in [2.05, 4.69) is 0 Å². The number of carbonyl (C=O) groups excluding carboxylic acids is 1. The Morgan fingerprint density at radius 2 is 1.24 bits per heavy atom. The first-order valence-electron chi connectivity index (χ1n) is 7.84. The van der Waals surface area contributed by atoms with Gasteiger partial charge in [-0.1, -0.05) is 77.6 Å². The van der Waals surface area contributed by atoms with Crippen LogP contribution >= 0.6 is 0 Å². The van der Waals surface area contributed by atoms with Crippen LogP contribution < -0.4 is 0 Å². The second-order valence-corrected chi connectivity index (χ2v) is 5.72. The molecule has 1 fully saturated rings. The van der Waals surface area contributed by atoms with E-state index in [0.29, 0.717) is 11.7 Å². The molecule has 0 unspecified atom stereocenters. The summed E-state index contributed by atoms with van der Waals surface area (Å²) in [6.07, 6.45) is 16.8. The van der Waals surface area contributed by atoms with Gasteiger partial charge in [0.2, 0.25) is 0 Å². The van der Waals surface area contributed by atoms with Crippen LogP contribution in [0.4, 0.5) is 0 Å². The van der Waals surface area contributed by atoms with Crippen LogP contribution in [0, 0.1) is 5.92 Å². The lowest BCUT2D eigenvalue weighted by Crippen LogP contribution is -2.08. The Kier molecular flexibility index (Phi) is 8.38. The summed E-state index contributed by atoms with van der Waals surface area (Å²) >= 11 is 0. The Balaban J connectivity index is 2.29. The van der Waals surface area contributed by atoms with Gasteiger partial charge in [0.05, 0.1) is 0 Å². The van der Waals surface area contributed by atoms with Crippen molar-refractivity contribution in [2.75, 3.05) is 0 Å². The van der Waals surface area contributed by atoms with Crippen molar-refractivity contribution in [3.63, 3.8) is 0 Å². The predicted octanol–water partition coefficient (Wildman–Crippen LogP) is 5.28. The van der Waals surface area contributed by atoms with E-state index in [-0.39, 0.29) is 0 Å². The second kappa shape index (κ2) is 9.67. The topological polar surface area (TPSA) is 17.1 Å². The Morgan fingerprint density at radius 1 is 0.824 bits per heavy atom. The van der Waals surface area contributed by atoms with Gasteiger partial charge in [-0.3, -0.25) is 4.79 Å². The standard InChI is InChI=1S/C16H30O/c1-2-16(17)14-15-12-10-8-6-4-3-5-7-9-11-13-15/h15H,2-14H2,1H3. The van der Waals surface area contributed by atoms with Gasteiger partial charge in [0.1, 0.15) is 5.78 Å². The SMILES string of the molecule is CCC(=O)CC1CCCCCCCCCCC1. The maximum absolute atomic E-state index is 11.6. The van der Waals surface area contributed by atoms with Crippen molar-refractivity contribution < 1.29 is 4.79 Å². The van der Waals surface area contributed by atoms with Gasteiger partial charge in [-0.25, -0.2) is 0 Å². The number of rotatable bonds is 3. The van der Waals surface area contributed by atoms with Gasteiger partial charge in [-0.05, 0) is 5.92 Å². The lowest BCUT2D eigenvalue weighted by Gasteiger charge is -2.16. The maximum atomic E-state index is 11.6. The first-order valence-corrected chi connectivity index (χ1v) is 7.84. The highest BCUT2D eigenvalue weighted by Crippen LogP contribution is 2.23. The molecule has 0 amide bonds. The van der Waals surface area contributed by atoms with Crippen molar-refractivity contribution in [2.45, 2.75) is 90.4 Å². The van der Waals surface area contributed by atoms with Crippen LogP contribution in [0.15, 0.2) is 0 Å². The van der Waals surface area contributed by atoms with Crippen LogP contribution in [-0.2, 0) is 4.79 Å². The maximum Gasteiger partial charge on any atom is 0.132 e. The molecule has 0 radical (unpaired) electrons. The van der Waals surface area contributed by atoms with E-state index < -0.39 is 0 Å². The highest BCUT2D eigenvalue weighted by Gasteiger charge is 2.12. The summed E-state index contributed by atoms with van der Waals surface area (Å²) in [6, 6.07) is 0. The smallest absolute Gasteiger partial charge is 0.132 e. The summed E-state index contributed by atoms with van der Waals surface area (Å²) < 4.78 is 0. The number of Topliss-reactive ketones (excluding diaryl/α,β-unsaturated/α-hetero) is 1. The third-order valence-corrected chi connectivity index (χ3v) is 4.14. The van der Waals surface area contributed by atoms with Crippen molar-refractivity contribution in [3.8, 4) is 0 Å². The van der Waals surface area contributed by atoms with E-state index >= 15 is 0 Å². The Bertz CT molecular complexity index is 186. The summed E-state index contributed by atoms with van der Waals surface area (Å²) in [6.45, 7) is 2.00. The predicted molar refractivity (Wildman–Crippen MR) is 74.2 cm³/mol. The number of carbonyl (C=O) groups is 1. The van der Waals surface area contributed by atoms with Gasteiger partial charge in [0, 0.05) is 12.8 Å². The number of hydrogen-bond donors (Lipinski definition) is 0. The molecule has 0 heterocycles. The molecule has 0 saturated heterocycles. The average molecular weight is 238 g/mol. The molecule has 0 spiro atoms. The third-order valence-electron chi connectivity index (χ3n) is 4.14. The molecule has 0 atom stereocenters. The summed E-state index contributed by atoms with van der Waals surface area (Å²) in [5.74, 6) is 1.17. The van der Waals surface area contributed by atoms with Gasteiger partial charge in [-0.15, -0.1) is 0 Å². The van der Waals surface area contributed by atoms with E-state index in [4.69, 9.17) is 0 Å². The van der Waals surface area contributed by atoms with Crippen molar-refractivity contribution in [1.82, 2.24) is 0 Å². The Morgan fingerprint density at radius 3 is 1.65 bits per heavy atom. The van der Waals surface area contributed by atoms with Crippen molar-refractivity contribution >= 4 is 5.78 Å². The van der Waals surface area contributed by atoms with Crippen molar-refractivity contribution in [3.05, 3.63) is 0 Å². The minimum atomic E-state index is 0.474. The fourth-order valence-corrected chi connectivity index (χ4v) is 2.92. The zero-order chi connectivity index (χ0) is 12.3. The molecule has 1 aliphatic carbocycles. The second-order valence-electron chi connectivity index (χ2n) is 5.72. The van der Waals surface area contributed by atoms with Gasteiger partial charge in [-0.2, -0.15) is 0 Å². The molecule has 0 aromatic heterocycles. The number of ketones is 1. The molecule has 0 aromatic rings. The highest BCUT2D eigenvalue weighted by molar-refractivity contribution is 5.78. The van der Waals surface area contributed by atoms with Gasteiger partial charge >= 0.3 is 0 Å². The van der Waals surface area contributed by atoms with Crippen LogP contribution in [0.5, 0.6) is 0 Å². The zero-order valence-corrected chi connectivity index (χ0v) is 11.7. The van der Waals surface area contributed by atoms with Crippen LogP contribution in [0.3, 0.4) is 0 Å².